The highest BCUT2D eigenvalue weighted by molar-refractivity contribution is 6.32. The molecular weight excluding hydrogens is 274 g/mol. The van der Waals surface area contributed by atoms with E-state index >= 15 is 0 Å². The maximum atomic E-state index is 8.85. The molecule has 0 amide bonds. The molecule has 1 aromatic carbocycles. The van der Waals surface area contributed by atoms with Gasteiger partial charge in [0.1, 0.15) is 11.9 Å². The number of halogens is 1. The molecule has 1 saturated heterocycles. The number of nitriles is 1. The van der Waals surface area contributed by atoms with Crippen molar-refractivity contribution >= 4 is 11.6 Å². The van der Waals surface area contributed by atoms with E-state index in [4.69, 9.17) is 26.3 Å². The van der Waals surface area contributed by atoms with E-state index in [1.54, 1.807) is 18.2 Å². The SMILES string of the molecule is N#Cc1ccc(OC2CCOC3(CCCC3)C2)c(Cl)c1. The Morgan fingerprint density at radius 2 is 2.15 bits per heavy atom. The summed E-state index contributed by atoms with van der Waals surface area (Å²) in [5.74, 6) is 0.672. The van der Waals surface area contributed by atoms with E-state index in [2.05, 4.69) is 6.07 Å². The van der Waals surface area contributed by atoms with Gasteiger partial charge in [-0.25, -0.2) is 0 Å². The molecule has 1 aliphatic heterocycles. The summed E-state index contributed by atoms with van der Waals surface area (Å²) in [4.78, 5) is 0. The molecule has 1 spiro atoms. The molecule has 1 heterocycles. The van der Waals surface area contributed by atoms with Crippen molar-refractivity contribution in [3.63, 3.8) is 0 Å². The minimum Gasteiger partial charge on any atom is -0.489 e. The molecule has 3 rings (SSSR count). The number of hydrogen-bond acceptors (Lipinski definition) is 3. The zero-order valence-corrected chi connectivity index (χ0v) is 12.2. The first kappa shape index (κ1) is 13.7. The fraction of sp³-hybridized carbons (Fsp3) is 0.562. The van der Waals surface area contributed by atoms with Crippen LogP contribution < -0.4 is 4.74 Å². The quantitative estimate of drug-likeness (QED) is 0.824. The fourth-order valence-electron chi connectivity index (χ4n) is 3.30. The maximum absolute atomic E-state index is 8.85. The van der Waals surface area contributed by atoms with Gasteiger partial charge >= 0.3 is 0 Å². The molecule has 1 saturated carbocycles. The summed E-state index contributed by atoms with van der Waals surface area (Å²) in [6.45, 7) is 0.762. The molecule has 2 aliphatic rings. The van der Waals surface area contributed by atoms with E-state index in [0.717, 1.165) is 32.3 Å². The summed E-state index contributed by atoms with van der Waals surface area (Å²) >= 11 is 6.17. The molecule has 106 valence electrons. The molecule has 0 N–H and O–H groups in total. The topological polar surface area (TPSA) is 42.2 Å². The zero-order chi connectivity index (χ0) is 14.0. The highest BCUT2D eigenvalue weighted by Crippen LogP contribution is 2.41. The normalized spacial score (nSPS) is 24.5. The average Bonchev–Trinajstić information content (AvgIpc) is 2.89. The second kappa shape index (κ2) is 5.63. The zero-order valence-electron chi connectivity index (χ0n) is 11.4. The largest absolute Gasteiger partial charge is 0.489 e. The van der Waals surface area contributed by atoms with E-state index in [9.17, 15) is 0 Å². The lowest BCUT2D eigenvalue weighted by molar-refractivity contribution is -0.108. The molecule has 1 unspecified atom stereocenters. The minimum atomic E-state index is 0.0436. The lowest BCUT2D eigenvalue weighted by Gasteiger charge is -2.38. The summed E-state index contributed by atoms with van der Waals surface area (Å²) < 4.78 is 12.1. The Morgan fingerprint density at radius 3 is 2.85 bits per heavy atom. The molecule has 0 aromatic heterocycles. The molecule has 2 fully saturated rings. The summed E-state index contributed by atoms with van der Waals surface area (Å²) in [7, 11) is 0. The van der Waals surface area contributed by atoms with Crippen LogP contribution in [-0.2, 0) is 4.74 Å². The van der Waals surface area contributed by atoms with Gasteiger partial charge in [-0.15, -0.1) is 0 Å². The van der Waals surface area contributed by atoms with Crippen LogP contribution in [0.4, 0.5) is 0 Å². The van der Waals surface area contributed by atoms with E-state index < -0.39 is 0 Å². The molecule has 0 bridgehead atoms. The summed E-state index contributed by atoms with van der Waals surface area (Å²) in [5, 5.41) is 9.36. The van der Waals surface area contributed by atoms with Gasteiger partial charge in [0.2, 0.25) is 0 Å². The molecule has 1 aromatic rings. The molecule has 0 radical (unpaired) electrons. The molecule has 20 heavy (non-hydrogen) atoms. The summed E-state index contributed by atoms with van der Waals surface area (Å²) in [6.07, 6.45) is 6.81. The highest BCUT2D eigenvalue weighted by atomic mass is 35.5. The monoisotopic (exact) mass is 291 g/mol. The van der Waals surface area contributed by atoms with E-state index in [1.165, 1.54) is 12.8 Å². The smallest absolute Gasteiger partial charge is 0.138 e. The van der Waals surface area contributed by atoms with E-state index in [-0.39, 0.29) is 11.7 Å². The fourth-order valence-corrected chi connectivity index (χ4v) is 3.52. The van der Waals surface area contributed by atoms with Crippen LogP contribution in [0.15, 0.2) is 18.2 Å². The van der Waals surface area contributed by atoms with Crippen molar-refractivity contribution in [1.29, 1.82) is 5.26 Å². The van der Waals surface area contributed by atoms with Gasteiger partial charge < -0.3 is 9.47 Å². The lowest BCUT2D eigenvalue weighted by atomic mass is 9.90. The number of hydrogen-bond donors (Lipinski definition) is 0. The number of rotatable bonds is 2. The van der Waals surface area contributed by atoms with Crippen molar-refractivity contribution < 1.29 is 9.47 Å². The van der Waals surface area contributed by atoms with Crippen LogP contribution in [-0.4, -0.2) is 18.3 Å². The van der Waals surface area contributed by atoms with Gasteiger partial charge in [-0.1, -0.05) is 24.4 Å². The van der Waals surface area contributed by atoms with Gasteiger partial charge in [-0.3, -0.25) is 0 Å². The van der Waals surface area contributed by atoms with Crippen LogP contribution in [0, 0.1) is 11.3 Å². The van der Waals surface area contributed by atoms with Crippen LogP contribution in [0.2, 0.25) is 5.02 Å². The van der Waals surface area contributed by atoms with Crippen molar-refractivity contribution in [2.45, 2.75) is 50.2 Å². The first-order valence-corrected chi connectivity index (χ1v) is 7.59. The van der Waals surface area contributed by atoms with Gasteiger partial charge in [-0.2, -0.15) is 5.26 Å². The van der Waals surface area contributed by atoms with Gasteiger partial charge in [0.15, 0.2) is 0 Å². The van der Waals surface area contributed by atoms with Gasteiger partial charge in [-0.05, 0) is 31.0 Å². The van der Waals surface area contributed by atoms with Crippen molar-refractivity contribution in [2.24, 2.45) is 0 Å². The maximum Gasteiger partial charge on any atom is 0.138 e. The van der Waals surface area contributed by atoms with Crippen LogP contribution in [0.1, 0.15) is 44.1 Å². The van der Waals surface area contributed by atoms with Gasteiger partial charge in [0.05, 0.1) is 28.9 Å². The van der Waals surface area contributed by atoms with Crippen molar-refractivity contribution in [2.75, 3.05) is 6.61 Å². The summed E-state index contributed by atoms with van der Waals surface area (Å²) in [5.41, 5.74) is 0.601. The predicted molar refractivity (Wildman–Crippen MR) is 77.0 cm³/mol. The van der Waals surface area contributed by atoms with Crippen molar-refractivity contribution in [3.8, 4) is 11.8 Å². The molecular formula is C16H18ClNO2. The van der Waals surface area contributed by atoms with Crippen LogP contribution in [0.25, 0.3) is 0 Å². The first-order chi connectivity index (χ1) is 9.71. The second-order valence-corrected chi connectivity index (χ2v) is 6.14. The van der Waals surface area contributed by atoms with E-state index in [0.29, 0.717) is 16.3 Å². The minimum absolute atomic E-state index is 0.0436. The Bertz CT molecular complexity index is 532. The van der Waals surface area contributed by atoms with Gasteiger partial charge in [0, 0.05) is 12.8 Å². The van der Waals surface area contributed by atoms with Crippen molar-refractivity contribution in [3.05, 3.63) is 28.8 Å². The standard InChI is InChI=1S/C16H18ClNO2/c17-14-9-12(11-18)3-4-15(14)20-13-5-8-19-16(10-13)6-1-2-7-16/h3-4,9,13H,1-2,5-8,10H2. The molecule has 1 atom stereocenters. The first-order valence-electron chi connectivity index (χ1n) is 7.21. The van der Waals surface area contributed by atoms with Gasteiger partial charge in [0.25, 0.3) is 0 Å². The Hall–Kier alpha value is -1.24. The number of benzene rings is 1. The molecule has 4 heteroatoms. The summed E-state index contributed by atoms with van der Waals surface area (Å²) in [6, 6.07) is 7.26. The third-order valence-electron chi connectivity index (χ3n) is 4.32. The molecule has 1 aliphatic carbocycles. The number of nitrogens with zero attached hydrogens (tertiary/aromatic N) is 1. The Morgan fingerprint density at radius 1 is 1.35 bits per heavy atom. The second-order valence-electron chi connectivity index (χ2n) is 5.73. The average molecular weight is 292 g/mol. The van der Waals surface area contributed by atoms with Crippen LogP contribution in [0.3, 0.4) is 0 Å². The molecule has 3 nitrogen and oxygen atoms in total. The number of ether oxygens (including phenoxy) is 2. The third kappa shape index (κ3) is 2.77. The predicted octanol–water partition coefficient (Wildman–Crippen LogP) is 4.08. The van der Waals surface area contributed by atoms with Crippen LogP contribution in [0.5, 0.6) is 5.75 Å². The third-order valence-corrected chi connectivity index (χ3v) is 4.61. The Balaban J connectivity index is 1.70. The Labute approximate surface area is 124 Å². The van der Waals surface area contributed by atoms with E-state index in [1.807, 2.05) is 0 Å². The lowest BCUT2D eigenvalue weighted by Crippen LogP contribution is -2.41. The Kier molecular flexibility index (Phi) is 3.87. The van der Waals surface area contributed by atoms with Crippen LogP contribution >= 0.6 is 11.6 Å². The van der Waals surface area contributed by atoms with Crippen molar-refractivity contribution in [1.82, 2.24) is 0 Å². The highest BCUT2D eigenvalue weighted by Gasteiger charge is 2.40.